The minimum Gasteiger partial charge on any atom is -0.481 e. The summed E-state index contributed by atoms with van der Waals surface area (Å²) in [4.78, 5) is 11.0. The smallest absolute Gasteiger partial charge is 0.308 e. The predicted octanol–water partition coefficient (Wildman–Crippen LogP) is 2.87. The first-order valence-corrected chi connectivity index (χ1v) is 6.01. The minimum absolute atomic E-state index is 0.458. The summed E-state index contributed by atoms with van der Waals surface area (Å²) in [5.74, 6) is -1.37. The van der Waals surface area contributed by atoms with Crippen molar-refractivity contribution >= 4 is 21.9 Å². The molecule has 0 aliphatic rings. The maximum atomic E-state index is 11.0. The fourth-order valence-electron chi connectivity index (χ4n) is 1.77. The van der Waals surface area contributed by atoms with E-state index < -0.39 is 17.9 Å². The van der Waals surface area contributed by atoms with Crippen molar-refractivity contribution in [2.24, 2.45) is 11.7 Å². The van der Waals surface area contributed by atoms with Crippen molar-refractivity contribution in [3.8, 4) is 0 Å². The van der Waals surface area contributed by atoms with Crippen LogP contribution in [0.3, 0.4) is 0 Å². The van der Waals surface area contributed by atoms with Crippen LogP contribution in [0.2, 0.25) is 0 Å². The van der Waals surface area contributed by atoms with Crippen LogP contribution in [0.15, 0.2) is 22.7 Å². The highest BCUT2D eigenvalue weighted by Gasteiger charge is 2.25. The molecule has 0 aliphatic carbocycles. The molecule has 0 spiro atoms. The number of hydrogen-bond acceptors (Lipinski definition) is 2. The Morgan fingerprint density at radius 2 is 2.19 bits per heavy atom. The molecular formula is C12H16BrNO2. The molecule has 88 valence electrons. The van der Waals surface area contributed by atoms with Crippen molar-refractivity contribution in [1.29, 1.82) is 0 Å². The first-order valence-electron chi connectivity index (χ1n) is 5.21. The molecule has 3 nitrogen and oxygen atoms in total. The molecule has 0 radical (unpaired) electrons. The van der Waals surface area contributed by atoms with Gasteiger partial charge in [0, 0.05) is 10.5 Å². The number of benzene rings is 1. The number of carbonyl (C=O) groups is 1. The van der Waals surface area contributed by atoms with E-state index in [0.29, 0.717) is 6.42 Å². The number of nitrogens with two attached hydrogens (primary N) is 1. The van der Waals surface area contributed by atoms with Gasteiger partial charge in [0.15, 0.2) is 0 Å². The summed E-state index contributed by atoms with van der Waals surface area (Å²) in [7, 11) is 0. The van der Waals surface area contributed by atoms with E-state index in [0.717, 1.165) is 15.6 Å². The van der Waals surface area contributed by atoms with Crippen LogP contribution in [-0.2, 0) is 4.79 Å². The van der Waals surface area contributed by atoms with Crippen molar-refractivity contribution < 1.29 is 9.90 Å². The van der Waals surface area contributed by atoms with Gasteiger partial charge in [-0.1, -0.05) is 28.9 Å². The number of aryl methyl sites for hydroxylation is 1. The van der Waals surface area contributed by atoms with Crippen LogP contribution in [0.25, 0.3) is 0 Å². The molecule has 3 N–H and O–H groups in total. The van der Waals surface area contributed by atoms with Gasteiger partial charge in [-0.25, -0.2) is 0 Å². The van der Waals surface area contributed by atoms with Crippen molar-refractivity contribution in [3.05, 3.63) is 33.8 Å². The van der Waals surface area contributed by atoms with Gasteiger partial charge in [0.05, 0.1) is 5.92 Å². The van der Waals surface area contributed by atoms with E-state index in [-0.39, 0.29) is 0 Å². The molecule has 1 aromatic carbocycles. The van der Waals surface area contributed by atoms with E-state index in [1.807, 2.05) is 32.0 Å². The Balaban J connectivity index is 3.07. The summed E-state index contributed by atoms with van der Waals surface area (Å²) in [6.45, 7) is 3.78. The van der Waals surface area contributed by atoms with Gasteiger partial charge in [0.1, 0.15) is 0 Å². The molecule has 4 heteroatoms. The topological polar surface area (TPSA) is 63.3 Å². The van der Waals surface area contributed by atoms with E-state index in [2.05, 4.69) is 15.9 Å². The van der Waals surface area contributed by atoms with E-state index in [1.54, 1.807) is 0 Å². The fraction of sp³-hybridized carbons (Fsp3) is 0.417. The van der Waals surface area contributed by atoms with Crippen molar-refractivity contribution in [1.82, 2.24) is 0 Å². The number of rotatable bonds is 4. The predicted molar refractivity (Wildman–Crippen MR) is 67.2 cm³/mol. The van der Waals surface area contributed by atoms with E-state index in [9.17, 15) is 4.79 Å². The van der Waals surface area contributed by atoms with Crippen molar-refractivity contribution in [2.75, 3.05) is 0 Å². The molecule has 0 saturated heterocycles. The zero-order chi connectivity index (χ0) is 12.3. The van der Waals surface area contributed by atoms with Gasteiger partial charge in [-0.05, 0) is 36.6 Å². The Kier molecular flexibility index (Phi) is 4.50. The lowest BCUT2D eigenvalue weighted by Crippen LogP contribution is -2.28. The largest absolute Gasteiger partial charge is 0.481 e. The number of hydrogen-bond donors (Lipinski definition) is 2. The fourth-order valence-corrected chi connectivity index (χ4v) is 2.15. The van der Waals surface area contributed by atoms with Crippen LogP contribution in [0.4, 0.5) is 0 Å². The summed E-state index contributed by atoms with van der Waals surface area (Å²) in [5, 5.41) is 9.07. The summed E-state index contributed by atoms with van der Waals surface area (Å²) in [6.07, 6.45) is 0.530. The van der Waals surface area contributed by atoms with E-state index in [4.69, 9.17) is 10.8 Å². The quantitative estimate of drug-likeness (QED) is 0.894. The lowest BCUT2D eigenvalue weighted by atomic mass is 9.89. The van der Waals surface area contributed by atoms with Crippen LogP contribution >= 0.6 is 15.9 Å². The lowest BCUT2D eigenvalue weighted by molar-refractivity contribution is -0.142. The Labute approximate surface area is 104 Å². The number of carboxylic acids is 1. The molecule has 0 fully saturated rings. The maximum Gasteiger partial charge on any atom is 0.308 e. The standard InChI is InChI=1S/C12H16BrNO2/c1-3-9(12(15)16)11(14)10-6-8(13)5-4-7(10)2/h4-6,9,11H,3,14H2,1-2H3,(H,15,16). The second-order valence-electron chi connectivity index (χ2n) is 3.88. The molecule has 0 aromatic heterocycles. The molecule has 0 heterocycles. The Hall–Kier alpha value is -0.870. The van der Waals surface area contributed by atoms with E-state index in [1.165, 1.54) is 0 Å². The summed E-state index contributed by atoms with van der Waals surface area (Å²) in [5.41, 5.74) is 7.93. The van der Waals surface area contributed by atoms with Crippen molar-refractivity contribution in [3.63, 3.8) is 0 Å². The maximum absolute atomic E-state index is 11.0. The third-order valence-corrected chi connectivity index (χ3v) is 3.28. The Morgan fingerprint density at radius 1 is 1.56 bits per heavy atom. The van der Waals surface area contributed by atoms with Gasteiger partial charge < -0.3 is 10.8 Å². The molecule has 0 bridgehead atoms. The molecule has 16 heavy (non-hydrogen) atoms. The van der Waals surface area contributed by atoms with Gasteiger partial charge in [0.25, 0.3) is 0 Å². The highest BCUT2D eigenvalue weighted by atomic mass is 79.9. The molecule has 0 amide bonds. The van der Waals surface area contributed by atoms with Crippen LogP contribution in [0, 0.1) is 12.8 Å². The third kappa shape index (κ3) is 2.83. The molecule has 1 rings (SSSR count). The average Bonchev–Trinajstić information content (AvgIpc) is 2.22. The van der Waals surface area contributed by atoms with Gasteiger partial charge >= 0.3 is 5.97 Å². The molecular weight excluding hydrogens is 270 g/mol. The highest BCUT2D eigenvalue weighted by Crippen LogP contribution is 2.27. The third-order valence-electron chi connectivity index (χ3n) is 2.79. The van der Waals surface area contributed by atoms with Gasteiger partial charge in [-0.15, -0.1) is 0 Å². The first-order chi connectivity index (χ1) is 7.47. The Bertz CT molecular complexity index is 393. The zero-order valence-corrected chi connectivity index (χ0v) is 11.0. The summed E-state index contributed by atoms with van der Waals surface area (Å²) >= 11 is 3.37. The molecule has 2 unspecified atom stereocenters. The van der Waals surface area contributed by atoms with E-state index >= 15 is 0 Å². The average molecular weight is 286 g/mol. The van der Waals surface area contributed by atoms with Gasteiger partial charge in [-0.2, -0.15) is 0 Å². The lowest BCUT2D eigenvalue weighted by Gasteiger charge is -2.21. The second-order valence-corrected chi connectivity index (χ2v) is 4.80. The van der Waals surface area contributed by atoms with Crippen molar-refractivity contribution in [2.45, 2.75) is 26.3 Å². The molecule has 0 saturated carbocycles. The monoisotopic (exact) mass is 285 g/mol. The normalized spacial score (nSPS) is 14.5. The second kappa shape index (κ2) is 5.46. The molecule has 2 atom stereocenters. The molecule has 1 aromatic rings. The number of halogens is 1. The Morgan fingerprint density at radius 3 is 2.69 bits per heavy atom. The SMILES string of the molecule is CCC(C(=O)O)C(N)c1cc(Br)ccc1C. The van der Waals surface area contributed by atoms with Crippen LogP contribution in [0.1, 0.15) is 30.5 Å². The van der Waals surface area contributed by atoms with Gasteiger partial charge in [-0.3, -0.25) is 4.79 Å². The number of aliphatic carboxylic acids is 1. The van der Waals surface area contributed by atoms with Gasteiger partial charge in [0.2, 0.25) is 0 Å². The molecule has 0 aliphatic heterocycles. The summed E-state index contributed by atoms with van der Waals surface area (Å²) in [6, 6.07) is 5.30. The minimum atomic E-state index is -0.839. The van der Waals surface area contributed by atoms with Crippen LogP contribution in [-0.4, -0.2) is 11.1 Å². The summed E-state index contributed by atoms with van der Waals surface area (Å²) < 4.78 is 0.920. The van der Waals surface area contributed by atoms with Crippen LogP contribution < -0.4 is 5.73 Å². The number of carboxylic acid groups (broad SMARTS) is 1. The first kappa shape index (κ1) is 13.2. The highest BCUT2D eigenvalue weighted by molar-refractivity contribution is 9.10. The zero-order valence-electron chi connectivity index (χ0n) is 9.40. The van der Waals surface area contributed by atoms with Crippen LogP contribution in [0.5, 0.6) is 0 Å².